The van der Waals surface area contributed by atoms with Crippen LogP contribution in [0.4, 0.5) is 4.39 Å². The molecule has 3 rings (SSSR count). The number of hydrogen-bond donors (Lipinski definition) is 0. The Morgan fingerprint density at radius 2 is 2.07 bits per heavy atom. The van der Waals surface area contributed by atoms with Crippen LogP contribution in [-0.2, 0) is 4.74 Å². The van der Waals surface area contributed by atoms with E-state index in [0.717, 1.165) is 0 Å². The highest BCUT2D eigenvalue weighted by Crippen LogP contribution is 2.42. The van der Waals surface area contributed by atoms with E-state index in [4.69, 9.17) is 21.1 Å². The number of aromatic nitrogens is 3. The molecule has 0 unspecified atom stereocenters. The van der Waals surface area contributed by atoms with Crippen molar-refractivity contribution in [3.63, 3.8) is 0 Å². The Kier molecular flexibility index (Phi) is 5.16. The fourth-order valence-corrected chi connectivity index (χ4v) is 3.15. The summed E-state index contributed by atoms with van der Waals surface area (Å²) < 4.78 is 25.5. The van der Waals surface area contributed by atoms with E-state index in [1.165, 1.54) is 4.68 Å². The van der Waals surface area contributed by atoms with Crippen molar-refractivity contribution in [1.29, 1.82) is 0 Å². The lowest BCUT2D eigenvalue weighted by atomic mass is 9.70. The number of alkyl halides is 1. The van der Waals surface area contributed by atoms with E-state index in [-0.39, 0.29) is 16.1 Å². The van der Waals surface area contributed by atoms with Crippen LogP contribution in [0, 0.1) is 5.41 Å². The van der Waals surface area contributed by atoms with Crippen LogP contribution < -0.4 is 4.74 Å². The first kappa shape index (κ1) is 19.6. The molecule has 0 aromatic carbocycles. The predicted octanol–water partition coefficient (Wildman–Crippen LogP) is 4.39. The van der Waals surface area contributed by atoms with E-state index < -0.39 is 17.7 Å². The van der Waals surface area contributed by atoms with Gasteiger partial charge in [0, 0.05) is 17.7 Å². The van der Waals surface area contributed by atoms with Crippen molar-refractivity contribution >= 4 is 17.6 Å². The van der Waals surface area contributed by atoms with Gasteiger partial charge in [0.05, 0.1) is 12.2 Å². The van der Waals surface area contributed by atoms with Crippen LogP contribution in [0.5, 0.6) is 5.88 Å². The average molecular weight is 396 g/mol. The van der Waals surface area contributed by atoms with Crippen molar-refractivity contribution in [3.8, 4) is 11.7 Å². The van der Waals surface area contributed by atoms with Gasteiger partial charge in [0.1, 0.15) is 16.9 Å². The van der Waals surface area contributed by atoms with Crippen molar-refractivity contribution in [1.82, 2.24) is 14.8 Å². The molecule has 0 N–H and O–H groups in total. The zero-order valence-corrected chi connectivity index (χ0v) is 16.6. The molecule has 8 heteroatoms. The largest absolute Gasteiger partial charge is 0.476 e. The number of carbonyl (C=O) groups excluding carboxylic acids is 1. The molecule has 1 aliphatic rings. The van der Waals surface area contributed by atoms with Gasteiger partial charge in [-0.1, -0.05) is 18.5 Å². The Bertz CT molecular complexity index is 841. The normalized spacial score (nSPS) is 22.2. The maximum atomic E-state index is 13.1. The molecule has 1 saturated carbocycles. The Morgan fingerprint density at radius 1 is 1.37 bits per heavy atom. The van der Waals surface area contributed by atoms with Crippen molar-refractivity contribution in [2.45, 2.75) is 52.3 Å². The molecule has 1 fully saturated rings. The van der Waals surface area contributed by atoms with Crippen LogP contribution in [0.15, 0.2) is 24.4 Å². The second-order valence-corrected chi connectivity index (χ2v) is 8.57. The summed E-state index contributed by atoms with van der Waals surface area (Å²) in [4.78, 5) is 16.4. The monoisotopic (exact) mass is 395 g/mol. The van der Waals surface area contributed by atoms with E-state index in [2.05, 4.69) is 10.1 Å². The third-order valence-electron chi connectivity index (χ3n) is 4.25. The Hall–Kier alpha value is -2.15. The summed E-state index contributed by atoms with van der Waals surface area (Å²) in [5.41, 5.74) is -0.565. The van der Waals surface area contributed by atoms with Crippen LogP contribution in [0.25, 0.3) is 5.82 Å². The van der Waals surface area contributed by atoms with Gasteiger partial charge in [0.15, 0.2) is 5.82 Å². The Labute approximate surface area is 162 Å². The SMILES string of the molecule is CC1(COc2ccn(-c3ccc(C(=O)OC(C)(C)C)c(Cl)n3)n2)CC(F)C1. The van der Waals surface area contributed by atoms with Crippen molar-refractivity contribution in [2.24, 2.45) is 5.41 Å². The van der Waals surface area contributed by atoms with Gasteiger partial charge in [-0.25, -0.2) is 18.9 Å². The average Bonchev–Trinajstić information content (AvgIpc) is 2.98. The van der Waals surface area contributed by atoms with E-state index in [9.17, 15) is 9.18 Å². The van der Waals surface area contributed by atoms with Crippen LogP contribution in [0.1, 0.15) is 50.9 Å². The highest BCUT2D eigenvalue weighted by molar-refractivity contribution is 6.32. The highest BCUT2D eigenvalue weighted by atomic mass is 35.5. The molecule has 0 aliphatic heterocycles. The van der Waals surface area contributed by atoms with Gasteiger partial charge in [-0.3, -0.25) is 0 Å². The molecular weight excluding hydrogens is 373 g/mol. The number of nitrogens with zero attached hydrogens (tertiary/aromatic N) is 3. The molecular formula is C19H23ClFN3O3. The minimum Gasteiger partial charge on any atom is -0.476 e. The number of carbonyl (C=O) groups is 1. The number of rotatable bonds is 5. The lowest BCUT2D eigenvalue weighted by Crippen LogP contribution is -2.40. The molecule has 27 heavy (non-hydrogen) atoms. The van der Waals surface area contributed by atoms with Gasteiger partial charge in [-0.2, -0.15) is 0 Å². The lowest BCUT2D eigenvalue weighted by Gasteiger charge is -2.40. The third-order valence-corrected chi connectivity index (χ3v) is 4.54. The lowest BCUT2D eigenvalue weighted by molar-refractivity contribution is 0.000128. The summed E-state index contributed by atoms with van der Waals surface area (Å²) in [5, 5.41) is 4.34. The summed E-state index contributed by atoms with van der Waals surface area (Å²) in [7, 11) is 0. The number of esters is 1. The first-order chi connectivity index (χ1) is 12.5. The standard InChI is InChI=1S/C19H23ClFN3O3/c1-18(2,3)27-17(25)13-5-6-14(22-16(13)20)24-8-7-15(23-24)26-11-19(4)9-12(21)10-19/h5-8,12H,9-11H2,1-4H3. The van der Waals surface area contributed by atoms with Gasteiger partial charge in [0.25, 0.3) is 0 Å². The fourth-order valence-electron chi connectivity index (χ4n) is 2.93. The van der Waals surface area contributed by atoms with Crippen molar-refractivity contribution in [3.05, 3.63) is 35.1 Å². The molecule has 0 radical (unpaired) electrons. The summed E-state index contributed by atoms with van der Waals surface area (Å²) in [6.45, 7) is 7.75. The number of halogens is 2. The quantitative estimate of drug-likeness (QED) is 0.554. The first-order valence-electron chi connectivity index (χ1n) is 8.77. The molecule has 2 aromatic heterocycles. The van der Waals surface area contributed by atoms with Crippen molar-refractivity contribution in [2.75, 3.05) is 6.61 Å². The van der Waals surface area contributed by atoms with E-state index in [1.807, 2.05) is 6.92 Å². The number of hydrogen-bond acceptors (Lipinski definition) is 5. The zero-order chi connectivity index (χ0) is 19.8. The van der Waals surface area contributed by atoms with Crippen LogP contribution in [0.2, 0.25) is 5.15 Å². The topological polar surface area (TPSA) is 66.2 Å². The van der Waals surface area contributed by atoms with E-state index >= 15 is 0 Å². The maximum Gasteiger partial charge on any atom is 0.341 e. The van der Waals surface area contributed by atoms with E-state index in [0.29, 0.717) is 31.1 Å². The van der Waals surface area contributed by atoms with Crippen LogP contribution in [-0.4, -0.2) is 39.1 Å². The predicted molar refractivity (Wildman–Crippen MR) is 99.3 cm³/mol. The molecule has 2 heterocycles. The van der Waals surface area contributed by atoms with Crippen LogP contribution in [0.3, 0.4) is 0 Å². The second kappa shape index (κ2) is 7.11. The first-order valence-corrected chi connectivity index (χ1v) is 9.15. The molecule has 1 aliphatic carbocycles. The minimum absolute atomic E-state index is 0.0377. The molecule has 0 atom stereocenters. The summed E-state index contributed by atoms with van der Waals surface area (Å²) >= 11 is 6.15. The van der Waals surface area contributed by atoms with Gasteiger partial charge < -0.3 is 9.47 Å². The minimum atomic E-state index is -0.731. The molecule has 0 saturated heterocycles. The van der Waals surface area contributed by atoms with Gasteiger partial charge in [0.2, 0.25) is 5.88 Å². The Balaban J connectivity index is 1.67. The fraction of sp³-hybridized carbons (Fsp3) is 0.526. The third kappa shape index (κ3) is 4.77. The second-order valence-electron chi connectivity index (χ2n) is 8.21. The maximum absolute atomic E-state index is 13.1. The van der Waals surface area contributed by atoms with Crippen molar-refractivity contribution < 1.29 is 18.7 Å². The highest BCUT2D eigenvalue weighted by Gasteiger charge is 2.41. The van der Waals surface area contributed by atoms with Gasteiger partial charge in [-0.05, 0) is 45.7 Å². The molecule has 0 spiro atoms. The molecule has 0 amide bonds. The molecule has 146 valence electrons. The molecule has 6 nitrogen and oxygen atoms in total. The Morgan fingerprint density at radius 3 is 2.67 bits per heavy atom. The van der Waals surface area contributed by atoms with Gasteiger partial charge in [-0.15, -0.1) is 5.10 Å². The summed E-state index contributed by atoms with van der Waals surface area (Å²) in [6, 6.07) is 4.88. The van der Waals surface area contributed by atoms with Gasteiger partial charge >= 0.3 is 5.97 Å². The molecule has 2 aromatic rings. The zero-order valence-electron chi connectivity index (χ0n) is 15.8. The summed E-state index contributed by atoms with van der Waals surface area (Å²) in [6.07, 6.45) is 1.97. The molecule has 0 bridgehead atoms. The van der Waals surface area contributed by atoms with E-state index in [1.54, 1.807) is 45.2 Å². The smallest absolute Gasteiger partial charge is 0.341 e. The number of ether oxygens (including phenoxy) is 2. The van der Waals surface area contributed by atoms with Crippen LogP contribution >= 0.6 is 11.6 Å². The number of pyridine rings is 1. The summed E-state index contributed by atoms with van der Waals surface area (Å²) in [5.74, 6) is 0.337.